The van der Waals surface area contributed by atoms with Crippen molar-refractivity contribution in [1.82, 2.24) is 4.57 Å². The SMILES string of the molecule is Nc1cc(C(=O)OCc2ccc(Cl)c(F)c2)n(C2CC2)c1. The van der Waals surface area contributed by atoms with Gasteiger partial charge in [0.15, 0.2) is 0 Å². The number of nitrogens with two attached hydrogens (primary N) is 1. The Hall–Kier alpha value is -2.01. The number of benzene rings is 1. The molecule has 0 bridgehead atoms. The van der Waals surface area contributed by atoms with Gasteiger partial charge in [0.1, 0.15) is 18.1 Å². The van der Waals surface area contributed by atoms with Crippen molar-refractivity contribution in [2.45, 2.75) is 25.5 Å². The van der Waals surface area contributed by atoms with E-state index >= 15 is 0 Å². The molecule has 4 nitrogen and oxygen atoms in total. The van der Waals surface area contributed by atoms with Gasteiger partial charge < -0.3 is 15.0 Å². The average molecular weight is 309 g/mol. The lowest BCUT2D eigenvalue weighted by Crippen LogP contribution is -2.11. The number of ether oxygens (including phenoxy) is 1. The van der Waals surface area contributed by atoms with Crippen LogP contribution in [0.15, 0.2) is 30.5 Å². The molecule has 1 aliphatic carbocycles. The van der Waals surface area contributed by atoms with E-state index in [1.807, 2.05) is 4.57 Å². The summed E-state index contributed by atoms with van der Waals surface area (Å²) in [7, 11) is 0. The maximum absolute atomic E-state index is 13.3. The van der Waals surface area contributed by atoms with Crippen molar-refractivity contribution in [3.63, 3.8) is 0 Å². The predicted molar refractivity (Wildman–Crippen MR) is 77.6 cm³/mol. The van der Waals surface area contributed by atoms with Crippen LogP contribution in [0, 0.1) is 5.82 Å². The number of hydrogen-bond acceptors (Lipinski definition) is 3. The van der Waals surface area contributed by atoms with Crippen LogP contribution in [0.25, 0.3) is 0 Å². The van der Waals surface area contributed by atoms with Gasteiger partial charge in [0.25, 0.3) is 0 Å². The van der Waals surface area contributed by atoms with Crippen molar-refractivity contribution >= 4 is 23.3 Å². The van der Waals surface area contributed by atoms with Gasteiger partial charge in [0.05, 0.1) is 10.7 Å². The number of nitrogen functional groups attached to an aromatic ring is 1. The van der Waals surface area contributed by atoms with E-state index in [-0.39, 0.29) is 11.6 Å². The van der Waals surface area contributed by atoms with Crippen molar-refractivity contribution in [3.8, 4) is 0 Å². The van der Waals surface area contributed by atoms with Crippen molar-refractivity contribution in [2.75, 3.05) is 5.73 Å². The monoisotopic (exact) mass is 308 g/mol. The number of anilines is 1. The number of aromatic nitrogens is 1. The van der Waals surface area contributed by atoms with Crippen molar-refractivity contribution in [2.24, 2.45) is 0 Å². The van der Waals surface area contributed by atoms with Crippen molar-refractivity contribution < 1.29 is 13.9 Å². The molecule has 0 spiro atoms. The molecule has 2 aromatic rings. The molecule has 0 radical (unpaired) electrons. The van der Waals surface area contributed by atoms with Gasteiger partial charge in [-0.2, -0.15) is 0 Å². The van der Waals surface area contributed by atoms with E-state index in [0.717, 1.165) is 12.8 Å². The normalized spacial score (nSPS) is 14.2. The fourth-order valence-corrected chi connectivity index (χ4v) is 2.29. The Morgan fingerprint density at radius 2 is 2.19 bits per heavy atom. The van der Waals surface area contributed by atoms with Gasteiger partial charge in [-0.25, -0.2) is 9.18 Å². The largest absolute Gasteiger partial charge is 0.456 e. The number of carbonyl (C=O) groups excluding carboxylic acids is 1. The summed E-state index contributed by atoms with van der Waals surface area (Å²) < 4.78 is 20.4. The zero-order valence-corrected chi connectivity index (χ0v) is 11.9. The van der Waals surface area contributed by atoms with Crippen LogP contribution in [0.5, 0.6) is 0 Å². The Bertz CT molecular complexity index is 695. The number of esters is 1. The molecule has 1 aliphatic rings. The first-order chi connectivity index (χ1) is 10.0. The van der Waals surface area contributed by atoms with Gasteiger partial charge in [0.2, 0.25) is 0 Å². The molecule has 1 fully saturated rings. The zero-order chi connectivity index (χ0) is 15.0. The summed E-state index contributed by atoms with van der Waals surface area (Å²) >= 11 is 5.60. The minimum absolute atomic E-state index is 0.0112. The molecule has 1 saturated carbocycles. The maximum atomic E-state index is 13.3. The highest BCUT2D eigenvalue weighted by Crippen LogP contribution is 2.37. The van der Waals surface area contributed by atoms with Gasteiger partial charge in [-0.15, -0.1) is 0 Å². The second-order valence-electron chi connectivity index (χ2n) is 5.12. The first-order valence-electron chi connectivity index (χ1n) is 6.63. The first-order valence-corrected chi connectivity index (χ1v) is 7.01. The molecular weight excluding hydrogens is 295 g/mol. The number of rotatable bonds is 4. The maximum Gasteiger partial charge on any atom is 0.355 e. The zero-order valence-electron chi connectivity index (χ0n) is 11.2. The third-order valence-corrected chi connectivity index (χ3v) is 3.68. The molecule has 21 heavy (non-hydrogen) atoms. The highest BCUT2D eigenvalue weighted by Gasteiger charge is 2.28. The molecule has 0 atom stereocenters. The summed E-state index contributed by atoms with van der Waals surface area (Å²) in [6.45, 7) is -0.0112. The van der Waals surface area contributed by atoms with Crippen LogP contribution in [0.2, 0.25) is 5.02 Å². The van der Waals surface area contributed by atoms with Crippen LogP contribution in [0.1, 0.15) is 34.9 Å². The Kier molecular flexibility index (Phi) is 3.59. The minimum Gasteiger partial charge on any atom is -0.456 e. The molecule has 0 unspecified atom stereocenters. The second-order valence-corrected chi connectivity index (χ2v) is 5.53. The van der Waals surface area contributed by atoms with E-state index in [2.05, 4.69) is 0 Å². The Morgan fingerprint density at radius 1 is 1.43 bits per heavy atom. The molecule has 0 amide bonds. The van der Waals surface area contributed by atoms with Crippen LogP contribution in [0.3, 0.4) is 0 Å². The highest BCUT2D eigenvalue weighted by molar-refractivity contribution is 6.30. The quantitative estimate of drug-likeness (QED) is 0.879. The van der Waals surface area contributed by atoms with Gasteiger partial charge >= 0.3 is 5.97 Å². The Labute approximate surface area is 126 Å². The van der Waals surface area contributed by atoms with E-state index in [0.29, 0.717) is 23.0 Å². The number of carbonyl (C=O) groups is 1. The lowest BCUT2D eigenvalue weighted by molar-refractivity contribution is 0.0459. The van der Waals surface area contributed by atoms with Crippen LogP contribution >= 0.6 is 11.6 Å². The molecule has 1 heterocycles. The fraction of sp³-hybridized carbons (Fsp3) is 0.267. The predicted octanol–water partition coefficient (Wildman–Crippen LogP) is 3.55. The molecule has 1 aromatic carbocycles. The highest BCUT2D eigenvalue weighted by atomic mass is 35.5. The Balaban J connectivity index is 1.70. The van der Waals surface area contributed by atoms with E-state index in [4.69, 9.17) is 22.1 Å². The topological polar surface area (TPSA) is 57.3 Å². The lowest BCUT2D eigenvalue weighted by atomic mass is 10.2. The van der Waals surface area contributed by atoms with E-state index in [9.17, 15) is 9.18 Å². The van der Waals surface area contributed by atoms with Gasteiger partial charge in [-0.1, -0.05) is 17.7 Å². The second kappa shape index (κ2) is 5.41. The molecule has 1 aromatic heterocycles. The molecule has 110 valence electrons. The Morgan fingerprint density at radius 3 is 2.86 bits per heavy atom. The van der Waals surface area contributed by atoms with Crippen LogP contribution < -0.4 is 5.73 Å². The number of hydrogen-bond donors (Lipinski definition) is 1. The van der Waals surface area contributed by atoms with Gasteiger partial charge in [-0.05, 0) is 36.6 Å². The molecular formula is C15H14ClFN2O2. The molecule has 0 aliphatic heterocycles. The van der Waals surface area contributed by atoms with Crippen molar-refractivity contribution in [3.05, 3.63) is 52.6 Å². The third kappa shape index (κ3) is 3.03. The van der Waals surface area contributed by atoms with Gasteiger partial charge in [-0.3, -0.25) is 0 Å². The summed E-state index contributed by atoms with van der Waals surface area (Å²) in [5.74, 6) is -0.996. The average Bonchev–Trinajstić information content (AvgIpc) is 3.22. The summed E-state index contributed by atoms with van der Waals surface area (Å²) in [6, 6.07) is 6.24. The smallest absolute Gasteiger partial charge is 0.355 e. The van der Waals surface area contributed by atoms with Crippen LogP contribution in [-0.2, 0) is 11.3 Å². The molecule has 6 heteroatoms. The summed E-state index contributed by atoms with van der Waals surface area (Å²) in [6.07, 6.45) is 3.82. The molecule has 0 saturated heterocycles. The minimum atomic E-state index is -0.532. The summed E-state index contributed by atoms with van der Waals surface area (Å²) in [4.78, 5) is 12.1. The number of nitrogens with zero attached hydrogens (tertiary/aromatic N) is 1. The van der Waals surface area contributed by atoms with E-state index in [1.54, 1.807) is 18.3 Å². The molecule has 3 rings (SSSR count). The lowest BCUT2D eigenvalue weighted by Gasteiger charge is -2.08. The van der Waals surface area contributed by atoms with Gasteiger partial charge in [0, 0.05) is 12.2 Å². The van der Waals surface area contributed by atoms with Crippen LogP contribution in [-0.4, -0.2) is 10.5 Å². The fourth-order valence-electron chi connectivity index (χ4n) is 2.17. The molecule has 2 N–H and O–H groups in total. The standard InChI is InChI=1S/C15H14ClFN2O2/c16-12-4-1-9(5-13(12)17)8-21-15(20)14-6-10(18)7-19(14)11-2-3-11/h1,4-7,11H,2-3,8,18H2. The summed E-state index contributed by atoms with van der Waals surface area (Å²) in [5, 5.41) is 0.0421. The van der Waals surface area contributed by atoms with Crippen molar-refractivity contribution in [1.29, 1.82) is 0 Å². The van der Waals surface area contributed by atoms with E-state index in [1.165, 1.54) is 12.1 Å². The summed E-state index contributed by atoms with van der Waals surface area (Å²) in [5.41, 5.74) is 7.25. The third-order valence-electron chi connectivity index (χ3n) is 3.37. The first kappa shape index (κ1) is 13.9. The number of halogens is 2. The van der Waals surface area contributed by atoms with E-state index < -0.39 is 11.8 Å². The van der Waals surface area contributed by atoms with Crippen LogP contribution in [0.4, 0.5) is 10.1 Å².